The number of carbonyl (C=O) groups is 2. The number of benzene rings is 1. The van der Waals surface area contributed by atoms with Gasteiger partial charge in [-0.2, -0.15) is 0 Å². The molecule has 1 heterocycles. The van der Waals surface area contributed by atoms with Crippen LogP contribution in [0.1, 0.15) is 16.8 Å². The van der Waals surface area contributed by atoms with Crippen molar-refractivity contribution in [1.29, 1.82) is 0 Å². The first-order chi connectivity index (χ1) is 9.11. The second-order valence-corrected chi connectivity index (χ2v) is 4.77. The summed E-state index contributed by atoms with van der Waals surface area (Å²) in [5.74, 6) is -0.607. The van der Waals surface area contributed by atoms with E-state index in [1.165, 1.54) is 13.2 Å². The summed E-state index contributed by atoms with van der Waals surface area (Å²) < 4.78 is 4.63. The van der Waals surface area contributed by atoms with E-state index in [-0.39, 0.29) is 17.4 Å². The van der Waals surface area contributed by atoms with Gasteiger partial charge in [0.25, 0.3) is 0 Å². The second kappa shape index (κ2) is 6.04. The van der Waals surface area contributed by atoms with Crippen LogP contribution in [0.3, 0.4) is 0 Å². The molecule has 0 radical (unpaired) electrons. The molecule has 1 fully saturated rings. The average molecular weight is 283 g/mol. The Bertz CT molecular complexity index is 499. The number of ether oxygens (including phenoxy) is 1. The fourth-order valence-corrected chi connectivity index (χ4v) is 2.19. The fraction of sp³-hybridized carbons (Fsp3) is 0.385. The van der Waals surface area contributed by atoms with Gasteiger partial charge in [-0.25, -0.2) is 4.79 Å². The molecule has 2 N–H and O–H groups in total. The third kappa shape index (κ3) is 3.24. The zero-order valence-electron chi connectivity index (χ0n) is 10.5. The SMILES string of the molecule is COC(=O)c1cc(NC(=O)C2CCNC2)ccc1Cl. The van der Waals surface area contributed by atoms with Gasteiger partial charge in [0.1, 0.15) is 0 Å². The maximum absolute atomic E-state index is 12.0. The predicted molar refractivity (Wildman–Crippen MR) is 72.4 cm³/mol. The van der Waals surface area contributed by atoms with Gasteiger partial charge in [-0.05, 0) is 31.2 Å². The number of rotatable bonds is 3. The minimum atomic E-state index is -0.524. The normalized spacial score (nSPS) is 18.1. The summed E-state index contributed by atoms with van der Waals surface area (Å²) in [5, 5.41) is 6.21. The number of methoxy groups -OCH3 is 1. The van der Waals surface area contributed by atoms with E-state index in [1.54, 1.807) is 12.1 Å². The summed E-state index contributed by atoms with van der Waals surface area (Å²) >= 11 is 5.91. The van der Waals surface area contributed by atoms with E-state index in [0.29, 0.717) is 17.3 Å². The average Bonchev–Trinajstić information content (AvgIpc) is 2.94. The van der Waals surface area contributed by atoms with Crippen LogP contribution in [0.4, 0.5) is 5.69 Å². The molecule has 0 aliphatic carbocycles. The third-order valence-corrected chi connectivity index (χ3v) is 3.40. The molecule has 1 saturated heterocycles. The maximum atomic E-state index is 12.0. The summed E-state index contributed by atoms with van der Waals surface area (Å²) in [6.45, 7) is 1.54. The van der Waals surface area contributed by atoms with Crippen molar-refractivity contribution in [2.75, 3.05) is 25.5 Å². The lowest BCUT2D eigenvalue weighted by Gasteiger charge is -2.11. The molecule has 102 valence electrons. The molecular formula is C13H15ClN2O3. The van der Waals surface area contributed by atoms with Crippen LogP contribution in [0.5, 0.6) is 0 Å². The molecule has 0 saturated carbocycles. The highest BCUT2D eigenvalue weighted by atomic mass is 35.5. The Hall–Kier alpha value is -1.59. The van der Waals surface area contributed by atoms with Gasteiger partial charge in [0.2, 0.25) is 5.91 Å². The monoisotopic (exact) mass is 282 g/mol. The van der Waals surface area contributed by atoms with Crippen molar-refractivity contribution in [2.45, 2.75) is 6.42 Å². The molecule has 1 aromatic rings. The van der Waals surface area contributed by atoms with Gasteiger partial charge < -0.3 is 15.4 Å². The number of esters is 1. The zero-order valence-corrected chi connectivity index (χ0v) is 11.3. The minimum Gasteiger partial charge on any atom is -0.465 e. The first-order valence-corrected chi connectivity index (χ1v) is 6.39. The fourth-order valence-electron chi connectivity index (χ4n) is 1.99. The van der Waals surface area contributed by atoms with E-state index < -0.39 is 5.97 Å². The summed E-state index contributed by atoms with van der Waals surface area (Å²) in [4.78, 5) is 23.4. The Balaban J connectivity index is 2.12. The van der Waals surface area contributed by atoms with Crippen LogP contribution < -0.4 is 10.6 Å². The molecular weight excluding hydrogens is 268 g/mol. The lowest BCUT2D eigenvalue weighted by Crippen LogP contribution is -2.24. The Morgan fingerprint density at radius 1 is 1.47 bits per heavy atom. The van der Waals surface area contributed by atoms with E-state index in [1.807, 2.05) is 0 Å². The van der Waals surface area contributed by atoms with E-state index in [9.17, 15) is 9.59 Å². The number of amides is 1. The van der Waals surface area contributed by atoms with Crippen molar-refractivity contribution in [3.05, 3.63) is 28.8 Å². The minimum absolute atomic E-state index is 0.0303. The van der Waals surface area contributed by atoms with Crippen molar-refractivity contribution in [2.24, 2.45) is 5.92 Å². The molecule has 1 amide bonds. The molecule has 1 aromatic carbocycles. The van der Waals surface area contributed by atoms with E-state index in [0.717, 1.165) is 13.0 Å². The lowest BCUT2D eigenvalue weighted by atomic mass is 10.1. The third-order valence-electron chi connectivity index (χ3n) is 3.07. The lowest BCUT2D eigenvalue weighted by molar-refractivity contribution is -0.119. The maximum Gasteiger partial charge on any atom is 0.339 e. The van der Waals surface area contributed by atoms with E-state index in [2.05, 4.69) is 15.4 Å². The molecule has 6 heteroatoms. The molecule has 2 rings (SSSR count). The van der Waals surface area contributed by atoms with Crippen molar-refractivity contribution in [3.63, 3.8) is 0 Å². The van der Waals surface area contributed by atoms with Gasteiger partial charge in [-0.1, -0.05) is 11.6 Å². The Morgan fingerprint density at radius 2 is 2.26 bits per heavy atom. The van der Waals surface area contributed by atoms with Crippen molar-refractivity contribution in [3.8, 4) is 0 Å². The van der Waals surface area contributed by atoms with Crippen LogP contribution in [0.25, 0.3) is 0 Å². The van der Waals surface area contributed by atoms with Crippen LogP contribution in [0.2, 0.25) is 5.02 Å². The highest BCUT2D eigenvalue weighted by Crippen LogP contribution is 2.22. The molecule has 0 aromatic heterocycles. The van der Waals surface area contributed by atoms with Crippen LogP contribution >= 0.6 is 11.6 Å². The van der Waals surface area contributed by atoms with Crippen LogP contribution in [-0.4, -0.2) is 32.1 Å². The van der Waals surface area contributed by atoms with Crippen molar-refractivity contribution in [1.82, 2.24) is 5.32 Å². The van der Waals surface area contributed by atoms with Gasteiger partial charge in [0, 0.05) is 12.2 Å². The number of halogens is 1. The number of hydrogen-bond acceptors (Lipinski definition) is 4. The highest BCUT2D eigenvalue weighted by Gasteiger charge is 2.22. The smallest absolute Gasteiger partial charge is 0.339 e. The zero-order chi connectivity index (χ0) is 13.8. The molecule has 0 bridgehead atoms. The Morgan fingerprint density at radius 3 is 2.89 bits per heavy atom. The number of hydrogen-bond donors (Lipinski definition) is 2. The molecule has 5 nitrogen and oxygen atoms in total. The molecule has 1 unspecified atom stereocenters. The van der Waals surface area contributed by atoms with Gasteiger partial charge >= 0.3 is 5.97 Å². The quantitative estimate of drug-likeness (QED) is 0.828. The topological polar surface area (TPSA) is 67.4 Å². The first kappa shape index (κ1) is 13.8. The Kier molecular flexibility index (Phi) is 4.39. The highest BCUT2D eigenvalue weighted by molar-refractivity contribution is 6.33. The largest absolute Gasteiger partial charge is 0.465 e. The second-order valence-electron chi connectivity index (χ2n) is 4.37. The van der Waals surface area contributed by atoms with Crippen molar-refractivity contribution < 1.29 is 14.3 Å². The predicted octanol–water partition coefficient (Wildman–Crippen LogP) is 1.67. The van der Waals surface area contributed by atoms with Gasteiger partial charge in [-0.15, -0.1) is 0 Å². The van der Waals surface area contributed by atoms with Gasteiger partial charge in [0.15, 0.2) is 0 Å². The van der Waals surface area contributed by atoms with E-state index >= 15 is 0 Å². The number of carbonyl (C=O) groups excluding carboxylic acids is 2. The number of anilines is 1. The summed E-state index contributed by atoms with van der Waals surface area (Å²) in [6.07, 6.45) is 0.823. The van der Waals surface area contributed by atoms with Crippen molar-refractivity contribution >= 4 is 29.2 Å². The molecule has 1 aliphatic rings. The van der Waals surface area contributed by atoms with Crippen LogP contribution in [-0.2, 0) is 9.53 Å². The molecule has 19 heavy (non-hydrogen) atoms. The summed E-state index contributed by atoms with van der Waals surface area (Å²) in [6, 6.07) is 4.75. The standard InChI is InChI=1S/C13H15ClN2O3/c1-19-13(18)10-6-9(2-3-11(10)14)16-12(17)8-4-5-15-7-8/h2-3,6,8,15H,4-5,7H2,1H3,(H,16,17). The van der Waals surface area contributed by atoms with E-state index in [4.69, 9.17) is 11.6 Å². The number of nitrogens with one attached hydrogen (secondary N) is 2. The molecule has 0 spiro atoms. The first-order valence-electron chi connectivity index (χ1n) is 6.01. The van der Waals surface area contributed by atoms with Crippen LogP contribution in [0.15, 0.2) is 18.2 Å². The van der Waals surface area contributed by atoms with Gasteiger partial charge in [-0.3, -0.25) is 4.79 Å². The summed E-state index contributed by atoms with van der Waals surface area (Å²) in [7, 11) is 1.29. The molecule has 1 atom stereocenters. The summed E-state index contributed by atoms with van der Waals surface area (Å²) in [5.41, 5.74) is 0.785. The Labute approximate surface area is 116 Å². The van der Waals surface area contributed by atoms with Crippen LogP contribution in [0, 0.1) is 5.92 Å². The molecule has 1 aliphatic heterocycles. The van der Waals surface area contributed by atoms with Gasteiger partial charge in [0.05, 0.1) is 23.6 Å².